The lowest BCUT2D eigenvalue weighted by molar-refractivity contribution is 0.0600. The number of ether oxygens (including phenoxy) is 2. The molecule has 1 N–H and O–H groups in total. The van der Waals surface area contributed by atoms with Crippen LogP contribution in [0.25, 0.3) is 0 Å². The number of amides is 1. The lowest BCUT2D eigenvalue weighted by Crippen LogP contribution is -2.14. The highest BCUT2D eigenvalue weighted by molar-refractivity contribution is 6.33. The summed E-state index contributed by atoms with van der Waals surface area (Å²) in [5.74, 6) is -0.646. The van der Waals surface area contributed by atoms with Gasteiger partial charge < -0.3 is 14.8 Å². The molecule has 0 heterocycles. The molecule has 0 radical (unpaired) electrons. The lowest BCUT2D eigenvalue weighted by atomic mass is 10.1. The van der Waals surface area contributed by atoms with Crippen molar-refractivity contribution in [2.24, 2.45) is 0 Å². The molecule has 3 aromatic rings. The first-order valence-electron chi connectivity index (χ1n) is 8.63. The third-order valence-electron chi connectivity index (χ3n) is 4.05. The monoisotopic (exact) mass is 429 g/mol. The molecule has 0 bridgehead atoms. The lowest BCUT2D eigenvalue weighted by Gasteiger charge is -2.13. The summed E-state index contributed by atoms with van der Waals surface area (Å²) in [6.07, 6.45) is 0. The van der Waals surface area contributed by atoms with Crippen LogP contribution in [0.3, 0.4) is 0 Å². The molecule has 5 nitrogen and oxygen atoms in total. The summed E-state index contributed by atoms with van der Waals surface area (Å²) < 4.78 is 10.5. The quantitative estimate of drug-likeness (QED) is 0.517. The van der Waals surface area contributed by atoms with Crippen LogP contribution in [0.4, 0.5) is 5.69 Å². The van der Waals surface area contributed by atoms with E-state index in [0.717, 1.165) is 5.56 Å². The maximum absolute atomic E-state index is 12.8. The molecule has 0 atom stereocenters. The van der Waals surface area contributed by atoms with Crippen LogP contribution in [0.1, 0.15) is 26.3 Å². The van der Waals surface area contributed by atoms with Crippen molar-refractivity contribution < 1.29 is 19.1 Å². The average Bonchev–Trinajstić information content (AvgIpc) is 2.74. The Morgan fingerprint density at radius 1 is 0.931 bits per heavy atom. The minimum Gasteiger partial charge on any atom is -0.488 e. The van der Waals surface area contributed by atoms with Crippen LogP contribution in [-0.4, -0.2) is 19.0 Å². The van der Waals surface area contributed by atoms with Crippen molar-refractivity contribution in [3.63, 3.8) is 0 Å². The predicted octanol–water partition coefficient (Wildman–Crippen LogP) is 5.61. The molecule has 3 aromatic carbocycles. The smallest absolute Gasteiger partial charge is 0.339 e. The fraction of sp³-hybridized carbons (Fsp3) is 0.0909. The highest BCUT2D eigenvalue weighted by Gasteiger charge is 2.16. The van der Waals surface area contributed by atoms with Crippen molar-refractivity contribution in [1.82, 2.24) is 0 Å². The molecular weight excluding hydrogens is 413 g/mol. The van der Waals surface area contributed by atoms with Crippen LogP contribution in [-0.2, 0) is 11.3 Å². The number of methoxy groups -OCH3 is 1. The van der Waals surface area contributed by atoms with Crippen LogP contribution in [0.15, 0.2) is 66.7 Å². The number of carbonyl (C=O) groups excluding carboxylic acids is 2. The molecule has 0 saturated carbocycles. The van der Waals surface area contributed by atoms with Gasteiger partial charge in [-0.3, -0.25) is 4.79 Å². The van der Waals surface area contributed by atoms with Crippen LogP contribution < -0.4 is 10.1 Å². The van der Waals surface area contributed by atoms with Gasteiger partial charge in [0.15, 0.2) is 0 Å². The van der Waals surface area contributed by atoms with Gasteiger partial charge in [0.05, 0.1) is 23.3 Å². The molecule has 0 fully saturated rings. The third-order valence-corrected chi connectivity index (χ3v) is 4.62. The van der Waals surface area contributed by atoms with Gasteiger partial charge in [0, 0.05) is 10.7 Å². The Morgan fingerprint density at radius 2 is 1.69 bits per heavy atom. The molecule has 0 aliphatic heterocycles. The molecule has 0 saturated heterocycles. The van der Waals surface area contributed by atoms with Gasteiger partial charge in [-0.1, -0.05) is 53.5 Å². The molecule has 7 heteroatoms. The summed E-state index contributed by atoms with van der Waals surface area (Å²) in [7, 11) is 1.26. The molecule has 0 spiro atoms. The number of hydrogen-bond donors (Lipinski definition) is 1. The first kappa shape index (κ1) is 20.7. The second-order valence-corrected chi connectivity index (χ2v) is 6.90. The van der Waals surface area contributed by atoms with Crippen LogP contribution in [0.2, 0.25) is 10.0 Å². The highest BCUT2D eigenvalue weighted by atomic mass is 35.5. The van der Waals surface area contributed by atoms with Gasteiger partial charge in [0.25, 0.3) is 5.91 Å². The normalized spacial score (nSPS) is 10.3. The molecule has 0 aromatic heterocycles. The topological polar surface area (TPSA) is 64.6 Å². The van der Waals surface area contributed by atoms with Gasteiger partial charge in [-0.15, -0.1) is 0 Å². The highest BCUT2D eigenvalue weighted by Crippen LogP contribution is 2.26. The molecule has 1 amide bonds. The maximum atomic E-state index is 12.8. The first-order valence-corrected chi connectivity index (χ1v) is 9.39. The van der Waals surface area contributed by atoms with E-state index in [4.69, 9.17) is 32.7 Å². The van der Waals surface area contributed by atoms with Crippen molar-refractivity contribution in [2.75, 3.05) is 12.4 Å². The molecule has 29 heavy (non-hydrogen) atoms. The molecule has 148 valence electrons. The average molecular weight is 430 g/mol. The minimum absolute atomic E-state index is 0.151. The zero-order chi connectivity index (χ0) is 20.8. The summed E-state index contributed by atoms with van der Waals surface area (Å²) in [5, 5.41) is 3.35. The summed E-state index contributed by atoms with van der Waals surface area (Å²) in [4.78, 5) is 24.6. The summed E-state index contributed by atoms with van der Waals surface area (Å²) in [5.41, 5.74) is 1.77. The van der Waals surface area contributed by atoms with E-state index >= 15 is 0 Å². The largest absolute Gasteiger partial charge is 0.488 e. The zero-order valence-corrected chi connectivity index (χ0v) is 17.0. The Kier molecular flexibility index (Phi) is 6.75. The van der Waals surface area contributed by atoms with Crippen LogP contribution in [0, 0.1) is 0 Å². The fourth-order valence-corrected chi connectivity index (χ4v) is 2.98. The standard InChI is InChI=1S/C22H17Cl2NO4/c1-28-22(27)17-12-16(8-9-19(17)24)25-21(26)18-11-15(23)7-10-20(18)29-13-14-5-3-2-4-6-14/h2-12H,13H2,1H3,(H,25,26). The van der Waals surface area contributed by atoms with Crippen LogP contribution >= 0.6 is 23.2 Å². The van der Waals surface area contributed by atoms with E-state index in [2.05, 4.69) is 5.32 Å². The van der Waals surface area contributed by atoms with Gasteiger partial charge in [-0.25, -0.2) is 4.79 Å². The second kappa shape index (κ2) is 9.45. The van der Waals surface area contributed by atoms with Gasteiger partial charge in [0.1, 0.15) is 12.4 Å². The number of nitrogens with one attached hydrogen (secondary N) is 1. The Labute approximate surface area is 178 Å². The molecule has 0 aliphatic rings. The Hall–Kier alpha value is -3.02. The van der Waals surface area contributed by atoms with Gasteiger partial charge in [-0.2, -0.15) is 0 Å². The van der Waals surface area contributed by atoms with Gasteiger partial charge in [0.2, 0.25) is 0 Å². The van der Waals surface area contributed by atoms with E-state index in [0.29, 0.717) is 23.1 Å². The zero-order valence-electron chi connectivity index (χ0n) is 15.4. The van der Waals surface area contributed by atoms with E-state index in [1.165, 1.54) is 25.3 Å². The summed E-state index contributed by atoms with van der Waals surface area (Å²) in [6.45, 7) is 0.302. The molecule has 0 unspecified atom stereocenters. The number of halogens is 2. The predicted molar refractivity (Wildman–Crippen MR) is 113 cm³/mol. The maximum Gasteiger partial charge on any atom is 0.339 e. The number of benzene rings is 3. The second-order valence-electron chi connectivity index (χ2n) is 6.06. The van der Waals surface area contributed by atoms with E-state index in [1.807, 2.05) is 30.3 Å². The molecule has 0 aliphatic carbocycles. The fourth-order valence-electron chi connectivity index (χ4n) is 2.61. The van der Waals surface area contributed by atoms with Crippen molar-refractivity contribution in [3.05, 3.63) is 93.5 Å². The van der Waals surface area contributed by atoms with Crippen molar-refractivity contribution in [2.45, 2.75) is 6.61 Å². The number of rotatable bonds is 6. The first-order chi connectivity index (χ1) is 14.0. The van der Waals surface area contributed by atoms with Crippen molar-refractivity contribution >= 4 is 40.8 Å². The number of esters is 1. The summed E-state index contributed by atoms with van der Waals surface area (Å²) >= 11 is 12.1. The van der Waals surface area contributed by atoms with Crippen LogP contribution in [0.5, 0.6) is 5.75 Å². The third kappa shape index (κ3) is 5.28. The minimum atomic E-state index is -0.597. The number of anilines is 1. The van der Waals surface area contributed by atoms with E-state index in [-0.39, 0.29) is 16.1 Å². The number of carbonyl (C=O) groups is 2. The summed E-state index contributed by atoms with van der Waals surface area (Å²) in [6, 6.07) is 18.9. The van der Waals surface area contributed by atoms with Gasteiger partial charge >= 0.3 is 5.97 Å². The van der Waals surface area contributed by atoms with E-state index in [9.17, 15) is 9.59 Å². The van der Waals surface area contributed by atoms with Crippen molar-refractivity contribution in [1.29, 1.82) is 0 Å². The van der Waals surface area contributed by atoms with E-state index in [1.54, 1.807) is 18.2 Å². The number of hydrogen-bond acceptors (Lipinski definition) is 4. The van der Waals surface area contributed by atoms with Crippen molar-refractivity contribution in [3.8, 4) is 5.75 Å². The van der Waals surface area contributed by atoms with Gasteiger partial charge in [-0.05, 0) is 42.0 Å². The molecular formula is C22H17Cl2NO4. The Morgan fingerprint density at radius 3 is 2.41 bits per heavy atom. The SMILES string of the molecule is COC(=O)c1cc(NC(=O)c2cc(Cl)ccc2OCc2ccccc2)ccc1Cl. The Balaban J connectivity index is 1.82. The Bertz CT molecular complexity index is 1040. The van der Waals surface area contributed by atoms with E-state index < -0.39 is 11.9 Å². The molecule has 3 rings (SSSR count).